The van der Waals surface area contributed by atoms with Crippen molar-refractivity contribution in [3.05, 3.63) is 34.2 Å². The maximum atomic E-state index is 14.0. The fourth-order valence-electron chi connectivity index (χ4n) is 5.40. The molecule has 2 N–H and O–H groups in total. The molecule has 0 bridgehead atoms. The highest BCUT2D eigenvalue weighted by atomic mass is 19.1. The van der Waals surface area contributed by atoms with E-state index in [1.807, 2.05) is 18.2 Å². The number of alkyl halides is 1. The van der Waals surface area contributed by atoms with E-state index < -0.39 is 18.1 Å². The number of para-hydroxylation sites is 1. The van der Waals surface area contributed by atoms with Crippen LogP contribution in [0, 0.1) is 5.92 Å². The van der Waals surface area contributed by atoms with Crippen molar-refractivity contribution in [2.45, 2.75) is 56.3 Å². The predicted molar refractivity (Wildman–Crippen MR) is 116 cm³/mol. The quantitative estimate of drug-likeness (QED) is 0.682. The van der Waals surface area contributed by atoms with Crippen molar-refractivity contribution in [2.24, 2.45) is 13.0 Å². The number of fused-ring (bicyclic) bond motifs is 1. The normalized spacial score (nSPS) is 30.9. The number of aromatic nitrogens is 2. The van der Waals surface area contributed by atoms with Crippen molar-refractivity contribution in [3.63, 3.8) is 0 Å². The molecule has 2 amide bonds. The molecule has 32 heavy (non-hydrogen) atoms. The predicted octanol–water partition coefficient (Wildman–Crippen LogP) is 1.53. The molecule has 3 heterocycles. The van der Waals surface area contributed by atoms with E-state index in [1.165, 1.54) is 4.57 Å². The smallest absolute Gasteiger partial charge is 0.329 e. The van der Waals surface area contributed by atoms with Crippen LogP contribution in [-0.2, 0) is 21.4 Å². The number of ether oxygens (including phenoxy) is 1. The molecule has 1 aromatic heterocycles. The van der Waals surface area contributed by atoms with Gasteiger partial charge in [-0.1, -0.05) is 12.1 Å². The molecule has 3 aliphatic rings. The summed E-state index contributed by atoms with van der Waals surface area (Å²) in [5.41, 5.74) is 2.41. The number of nitrogens with one attached hydrogen (secondary N) is 2. The Balaban J connectivity index is 1.33. The fourth-order valence-corrected chi connectivity index (χ4v) is 5.40. The number of piperidine rings is 2. The van der Waals surface area contributed by atoms with Crippen LogP contribution < -0.4 is 16.3 Å². The molecule has 0 radical (unpaired) electrons. The minimum absolute atomic E-state index is 0.222. The molecule has 8 nitrogen and oxygen atoms in total. The number of hydrogen-bond donors (Lipinski definition) is 2. The Morgan fingerprint density at radius 1 is 1.19 bits per heavy atom. The molecule has 2 aromatic rings. The largest absolute Gasteiger partial charge is 0.375 e. The Morgan fingerprint density at radius 3 is 2.75 bits per heavy atom. The lowest BCUT2D eigenvalue weighted by molar-refractivity contribution is -0.135. The highest BCUT2D eigenvalue weighted by molar-refractivity contribution is 6.00. The minimum atomic E-state index is -0.949. The number of halogens is 1. The van der Waals surface area contributed by atoms with Crippen molar-refractivity contribution >= 4 is 22.8 Å². The number of hydrogen-bond acceptors (Lipinski definition) is 5. The molecule has 1 saturated carbocycles. The van der Waals surface area contributed by atoms with Gasteiger partial charge in [-0.3, -0.25) is 24.0 Å². The molecule has 2 aliphatic heterocycles. The van der Waals surface area contributed by atoms with E-state index in [1.54, 1.807) is 11.6 Å². The van der Waals surface area contributed by atoms with Crippen LogP contribution in [0.15, 0.2) is 23.0 Å². The fraction of sp³-hybridized carbons (Fsp3) is 0.609. The first-order chi connectivity index (χ1) is 15.4. The summed E-state index contributed by atoms with van der Waals surface area (Å²) in [5.74, 6) is -0.0472. The summed E-state index contributed by atoms with van der Waals surface area (Å²) in [7, 11) is 1.73. The number of aryl methyl sites for hydroxylation is 1. The van der Waals surface area contributed by atoms with Gasteiger partial charge in [-0.05, 0) is 55.7 Å². The number of imidazole rings is 1. The molecule has 9 heteroatoms. The lowest BCUT2D eigenvalue weighted by Crippen LogP contribution is -2.44. The van der Waals surface area contributed by atoms with Crippen LogP contribution in [-0.4, -0.2) is 52.9 Å². The van der Waals surface area contributed by atoms with Crippen LogP contribution >= 0.6 is 0 Å². The highest BCUT2D eigenvalue weighted by Crippen LogP contribution is 2.44. The Morgan fingerprint density at radius 2 is 2.00 bits per heavy atom. The molecule has 0 spiro atoms. The van der Waals surface area contributed by atoms with Crippen molar-refractivity contribution < 1.29 is 18.7 Å². The molecule has 2 saturated heterocycles. The van der Waals surface area contributed by atoms with E-state index >= 15 is 0 Å². The molecule has 3 fully saturated rings. The van der Waals surface area contributed by atoms with E-state index in [-0.39, 0.29) is 24.1 Å². The van der Waals surface area contributed by atoms with Gasteiger partial charge in [0.2, 0.25) is 11.8 Å². The number of nitrogens with zero attached hydrogens (tertiary/aromatic N) is 2. The maximum absolute atomic E-state index is 14.0. The monoisotopic (exact) mass is 444 g/mol. The second-order valence-corrected chi connectivity index (χ2v) is 9.31. The maximum Gasteiger partial charge on any atom is 0.329 e. The third-order valence-corrected chi connectivity index (χ3v) is 7.23. The molecular formula is C23H29FN4O4. The Hall–Kier alpha value is -2.52. The second kappa shape index (κ2) is 8.44. The van der Waals surface area contributed by atoms with E-state index in [2.05, 4.69) is 10.6 Å². The number of amides is 2. The summed E-state index contributed by atoms with van der Waals surface area (Å²) >= 11 is 0. The number of benzene rings is 1. The van der Waals surface area contributed by atoms with Gasteiger partial charge in [-0.2, -0.15) is 0 Å². The summed E-state index contributed by atoms with van der Waals surface area (Å²) in [6, 6.07) is 5.15. The van der Waals surface area contributed by atoms with Crippen LogP contribution in [0.4, 0.5) is 4.39 Å². The van der Waals surface area contributed by atoms with Gasteiger partial charge in [0.15, 0.2) is 0 Å². The second-order valence-electron chi connectivity index (χ2n) is 9.31. The number of rotatable bonds is 5. The zero-order valence-electron chi connectivity index (χ0n) is 18.2. The first kappa shape index (κ1) is 21.3. The SMILES string of the molecule is Cn1c(=O)n(C2CCC(=O)NC2=O)c2cccc([C@H]3C[C@H](CO[C@@H]4CCNC[C@@H]4F)C3)c21. The zero-order valence-corrected chi connectivity index (χ0v) is 18.2. The summed E-state index contributed by atoms with van der Waals surface area (Å²) in [6.07, 6.45) is 1.84. The third kappa shape index (κ3) is 3.67. The number of carbonyl (C=O) groups is 2. The van der Waals surface area contributed by atoms with E-state index in [4.69, 9.17) is 4.74 Å². The van der Waals surface area contributed by atoms with Crippen LogP contribution in [0.25, 0.3) is 11.0 Å². The average Bonchev–Trinajstić information content (AvgIpc) is 2.99. The minimum Gasteiger partial charge on any atom is -0.375 e. The van der Waals surface area contributed by atoms with Gasteiger partial charge in [-0.15, -0.1) is 0 Å². The van der Waals surface area contributed by atoms with Crippen molar-refractivity contribution in [3.8, 4) is 0 Å². The molecule has 5 rings (SSSR count). The summed E-state index contributed by atoms with van der Waals surface area (Å²) in [5, 5.41) is 5.39. The Kier molecular flexibility index (Phi) is 5.63. The molecular weight excluding hydrogens is 415 g/mol. The average molecular weight is 445 g/mol. The molecule has 1 unspecified atom stereocenters. The highest BCUT2D eigenvalue weighted by Gasteiger charge is 2.36. The zero-order chi connectivity index (χ0) is 22.4. The van der Waals surface area contributed by atoms with E-state index in [0.717, 1.165) is 36.0 Å². The van der Waals surface area contributed by atoms with Crippen LogP contribution in [0.5, 0.6) is 0 Å². The van der Waals surface area contributed by atoms with Crippen LogP contribution in [0.3, 0.4) is 0 Å². The van der Waals surface area contributed by atoms with E-state index in [0.29, 0.717) is 37.8 Å². The van der Waals surface area contributed by atoms with Crippen LogP contribution in [0.2, 0.25) is 0 Å². The summed E-state index contributed by atoms with van der Waals surface area (Å²) < 4.78 is 23.0. The Bertz CT molecular complexity index is 1100. The molecule has 1 aliphatic carbocycles. The standard InChI is InChI=1S/C23H29FN4O4/c1-27-21-15(14-9-13(10-14)12-32-19-7-8-25-11-16(19)24)3-2-4-17(21)28(23(27)31)18-5-6-20(29)26-22(18)30/h2-4,13-14,16,18-19,25H,5-12H2,1H3,(H,26,29,30)/t13-,14-,16-,18?,19+/m0/s1. The molecule has 1 aromatic carbocycles. The van der Waals surface area contributed by atoms with Crippen molar-refractivity contribution in [1.29, 1.82) is 0 Å². The van der Waals surface area contributed by atoms with Gasteiger partial charge in [0.05, 0.1) is 17.1 Å². The topological polar surface area (TPSA) is 94.4 Å². The van der Waals surface area contributed by atoms with Gasteiger partial charge in [0.25, 0.3) is 0 Å². The molecule has 3 atom stereocenters. The van der Waals surface area contributed by atoms with Crippen molar-refractivity contribution in [2.75, 3.05) is 19.7 Å². The van der Waals surface area contributed by atoms with Gasteiger partial charge in [0, 0.05) is 26.6 Å². The number of imide groups is 1. The van der Waals surface area contributed by atoms with Crippen LogP contribution in [0.1, 0.15) is 49.6 Å². The Labute approximate surface area is 185 Å². The summed E-state index contributed by atoms with van der Waals surface area (Å²) in [6.45, 7) is 1.71. The lowest BCUT2D eigenvalue weighted by Gasteiger charge is -2.37. The van der Waals surface area contributed by atoms with Gasteiger partial charge in [0.1, 0.15) is 12.2 Å². The summed E-state index contributed by atoms with van der Waals surface area (Å²) in [4.78, 5) is 37.0. The third-order valence-electron chi connectivity index (χ3n) is 7.23. The van der Waals surface area contributed by atoms with E-state index in [9.17, 15) is 18.8 Å². The van der Waals surface area contributed by atoms with Gasteiger partial charge in [-0.25, -0.2) is 9.18 Å². The van der Waals surface area contributed by atoms with Gasteiger partial charge >= 0.3 is 5.69 Å². The molecule has 172 valence electrons. The first-order valence-corrected chi connectivity index (χ1v) is 11.4. The van der Waals surface area contributed by atoms with Gasteiger partial charge < -0.3 is 10.1 Å². The lowest BCUT2D eigenvalue weighted by atomic mass is 9.71. The first-order valence-electron chi connectivity index (χ1n) is 11.4. The van der Waals surface area contributed by atoms with Crippen molar-refractivity contribution in [1.82, 2.24) is 19.8 Å². The number of carbonyl (C=O) groups excluding carboxylic acids is 2.